The van der Waals surface area contributed by atoms with E-state index in [-0.39, 0.29) is 12.0 Å². The molecule has 1 fully saturated rings. The molecule has 0 aromatic heterocycles. The Balaban J connectivity index is 2.03. The molecule has 3 atom stereocenters. The molecule has 0 saturated heterocycles. The van der Waals surface area contributed by atoms with Crippen molar-refractivity contribution in [2.75, 3.05) is 0 Å². The smallest absolute Gasteiger partial charge is 0.119 e. The molecule has 2 nitrogen and oxygen atoms in total. The van der Waals surface area contributed by atoms with Gasteiger partial charge in [-0.1, -0.05) is 26.0 Å². The molecule has 0 N–H and O–H groups in total. The number of nitriles is 1. The first-order chi connectivity index (χ1) is 8.72. The van der Waals surface area contributed by atoms with Gasteiger partial charge in [-0.25, -0.2) is 0 Å². The summed E-state index contributed by atoms with van der Waals surface area (Å²) in [5.74, 6) is 1.60. The molecule has 3 unspecified atom stereocenters. The van der Waals surface area contributed by atoms with Crippen LogP contribution in [0.4, 0.5) is 0 Å². The standard InChI is InChI=1S/C16H21NO/c1-3-13-5-8-15(9-6-13)18-16-10-12(2)4-7-14(16)11-17/h5-6,8-9,12,14,16H,3-4,7,10H2,1-2H3. The predicted molar refractivity (Wildman–Crippen MR) is 72.4 cm³/mol. The summed E-state index contributed by atoms with van der Waals surface area (Å²) in [7, 11) is 0. The summed E-state index contributed by atoms with van der Waals surface area (Å²) >= 11 is 0. The van der Waals surface area contributed by atoms with Gasteiger partial charge in [-0.2, -0.15) is 5.26 Å². The van der Waals surface area contributed by atoms with Crippen LogP contribution in [0.3, 0.4) is 0 Å². The quantitative estimate of drug-likeness (QED) is 0.805. The van der Waals surface area contributed by atoms with Gasteiger partial charge in [0.05, 0.1) is 12.0 Å². The summed E-state index contributed by atoms with van der Waals surface area (Å²) in [4.78, 5) is 0. The minimum Gasteiger partial charge on any atom is -0.489 e. The van der Waals surface area contributed by atoms with Gasteiger partial charge in [0, 0.05) is 0 Å². The highest BCUT2D eigenvalue weighted by atomic mass is 16.5. The number of benzene rings is 1. The van der Waals surface area contributed by atoms with Crippen LogP contribution in [0.25, 0.3) is 0 Å². The predicted octanol–water partition coefficient (Wildman–Crippen LogP) is 3.96. The van der Waals surface area contributed by atoms with Crippen LogP contribution in [-0.4, -0.2) is 6.10 Å². The number of hydrogen-bond acceptors (Lipinski definition) is 2. The topological polar surface area (TPSA) is 33.0 Å². The first kappa shape index (κ1) is 13.0. The minimum absolute atomic E-state index is 0.0482. The number of ether oxygens (including phenoxy) is 1. The summed E-state index contributed by atoms with van der Waals surface area (Å²) < 4.78 is 6.01. The lowest BCUT2D eigenvalue weighted by molar-refractivity contribution is 0.0956. The second-order valence-electron chi connectivity index (χ2n) is 5.31. The van der Waals surface area contributed by atoms with Crippen molar-refractivity contribution in [1.29, 1.82) is 5.26 Å². The van der Waals surface area contributed by atoms with E-state index in [9.17, 15) is 5.26 Å². The lowest BCUT2D eigenvalue weighted by atomic mass is 9.81. The molecule has 0 aliphatic heterocycles. The van der Waals surface area contributed by atoms with E-state index in [1.807, 2.05) is 12.1 Å². The van der Waals surface area contributed by atoms with Crippen LogP contribution in [0, 0.1) is 23.2 Å². The second-order valence-corrected chi connectivity index (χ2v) is 5.31. The van der Waals surface area contributed by atoms with E-state index in [0.29, 0.717) is 5.92 Å². The van der Waals surface area contributed by atoms with E-state index < -0.39 is 0 Å². The van der Waals surface area contributed by atoms with Crippen LogP contribution in [0.5, 0.6) is 5.75 Å². The molecule has 0 bridgehead atoms. The zero-order valence-corrected chi connectivity index (χ0v) is 11.2. The van der Waals surface area contributed by atoms with Crippen LogP contribution < -0.4 is 4.74 Å². The molecular weight excluding hydrogens is 222 g/mol. The van der Waals surface area contributed by atoms with Crippen molar-refractivity contribution in [3.8, 4) is 11.8 Å². The number of hydrogen-bond donors (Lipinski definition) is 0. The second kappa shape index (κ2) is 5.91. The van der Waals surface area contributed by atoms with E-state index in [0.717, 1.165) is 31.4 Å². The average Bonchev–Trinajstić information content (AvgIpc) is 2.40. The van der Waals surface area contributed by atoms with Gasteiger partial charge >= 0.3 is 0 Å². The molecule has 96 valence electrons. The molecule has 1 saturated carbocycles. The van der Waals surface area contributed by atoms with E-state index in [1.165, 1.54) is 5.56 Å². The van der Waals surface area contributed by atoms with Crippen molar-refractivity contribution in [2.24, 2.45) is 11.8 Å². The SMILES string of the molecule is CCc1ccc(OC2CC(C)CCC2C#N)cc1. The van der Waals surface area contributed by atoms with Crippen molar-refractivity contribution in [2.45, 2.75) is 45.6 Å². The van der Waals surface area contributed by atoms with Crippen LogP contribution in [0.15, 0.2) is 24.3 Å². The van der Waals surface area contributed by atoms with Gasteiger partial charge in [0.1, 0.15) is 11.9 Å². The number of nitrogens with zero attached hydrogens (tertiary/aromatic N) is 1. The Morgan fingerprint density at radius 3 is 2.61 bits per heavy atom. The third-order valence-corrected chi connectivity index (χ3v) is 3.84. The summed E-state index contributed by atoms with van der Waals surface area (Å²) in [5, 5.41) is 9.18. The first-order valence-corrected chi connectivity index (χ1v) is 6.88. The summed E-state index contributed by atoms with van der Waals surface area (Å²) in [6.45, 7) is 4.38. The fourth-order valence-corrected chi connectivity index (χ4v) is 2.59. The Morgan fingerprint density at radius 1 is 1.28 bits per heavy atom. The number of rotatable bonds is 3. The molecule has 1 aromatic rings. The Bertz CT molecular complexity index is 418. The van der Waals surface area contributed by atoms with E-state index in [1.54, 1.807) is 0 Å². The fraction of sp³-hybridized carbons (Fsp3) is 0.562. The molecule has 18 heavy (non-hydrogen) atoms. The van der Waals surface area contributed by atoms with E-state index in [4.69, 9.17) is 4.74 Å². The van der Waals surface area contributed by atoms with Gasteiger partial charge in [0.2, 0.25) is 0 Å². The van der Waals surface area contributed by atoms with Gasteiger partial charge in [0.15, 0.2) is 0 Å². The molecule has 0 amide bonds. The lowest BCUT2D eigenvalue weighted by Gasteiger charge is -2.31. The Kier molecular flexibility index (Phi) is 4.25. The van der Waals surface area contributed by atoms with Crippen LogP contribution in [0.1, 0.15) is 38.7 Å². The normalized spacial score (nSPS) is 27.5. The molecule has 1 aliphatic carbocycles. The summed E-state index contributed by atoms with van der Waals surface area (Å²) in [5.41, 5.74) is 1.32. The van der Waals surface area contributed by atoms with Gasteiger partial charge in [-0.15, -0.1) is 0 Å². The lowest BCUT2D eigenvalue weighted by Crippen LogP contribution is -2.32. The number of aryl methyl sites for hydroxylation is 1. The molecule has 0 radical (unpaired) electrons. The average molecular weight is 243 g/mol. The van der Waals surface area contributed by atoms with Gasteiger partial charge < -0.3 is 4.74 Å². The third-order valence-electron chi connectivity index (χ3n) is 3.84. The van der Waals surface area contributed by atoms with Crippen LogP contribution in [-0.2, 0) is 6.42 Å². The zero-order chi connectivity index (χ0) is 13.0. The highest BCUT2D eigenvalue weighted by molar-refractivity contribution is 5.27. The Hall–Kier alpha value is -1.49. The molecule has 2 heteroatoms. The van der Waals surface area contributed by atoms with Gasteiger partial charge in [0.25, 0.3) is 0 Å². The highest BCUT2D eigenvalue weighted by Crippen LogP contribution is 2.31. The van der Waals surface area contributed by atoms with Crippen molar-refractivity contribution in [1.82, 2.24) is 0 Å². The molecule has 0 heterocycles. The summed E-state index contributed by atoms with van der Waals surface area (Å²) in [6, 6.07) is 10.6. The Morgan fingerprint density at radius 2 is 2.00 bits per heavy atom. The summed E-state index contributed by atoms with van der Waals surface area (Å²) in [6.07, 6.45) is 4.21. The van der Waals surface area contributed by atoms with Gasteiger partial charge in [-0.3, -0.25) is 0 Å². The zero-order valence-electron chi connectivity index (χ0n) is 11.2. The maximum absolute atomic E-state index is 9.18. The maximum atomic E-state index is 9.18. The van der Waals surface area contributed by atoms with Crippen molar-refractivity contribution < 1.29 is 4.74 Å². The van der Waals surface area contributed by atoms with E-state index >= 15 is 0 Å². The maximum Gasteiger partial charge on any atom is 0.119 e. The van der Waals surface area contributed by atoms with E-state index in [2.05, 4.69) is 32.0 Å². The molecule has 2 rings (SSSR count). The monoisotopic (exact) mass is 243 g/mol. The third kappa shape index (κ3) is 3.04. The molecular formula is C16H21NO. The molecule has 0 spiro atoms. The van der Waals surface area contributed by atoms with Crippen molar-refractivity contribution in [3.05, 3.63) is 29.8 Å². The van der Waals surface area contributed by atoms with Crippen molar-refractivity contribution in [3.63, 3.8) is 0 Å². The van der Waals surface area contributed by atoms with Gasteiger partial charge in [-0.05, 0) is 49.3 Å². The first-order valence-electron chi connectivity index (χ1n) is 6.88. The van der Waals surface area contributed by atoms with Crippen LogP contribution in [0.2, 0.25) is 0 Å². The minimum atomic E-state index is 0.0482. The molecule has 1 aromatic carbocycles. The fourth-order valence-electron chi connectivity index (χ4n) is 2.59. The van der Waals surface area contributed by atoms with Crippen molar-refractivity contribution >= 4 is 0 Å². The Labute approximate surface area is 110 Å². The molecule has 1 aliphatic rings. The highest BCUT2D eigenvalue weighted by Gasteiger charge is 2.30. The van der Waals surface area contributed by atoms with Crippen LogP contribution >= 0.6 is 0 Å². The largest absolute Gasteiger partial charge is 0.489 e.